The number of H-pyrrole nitrogens is 2. The highest BCUT2D eigenvalue weighted by Crippen LogP contribution is 2.28. The van der Waals surface area contributed by atoms with Crippen molar-refractivity contribution >= 4 is 39.5 Å². The smallest absolute Gasteiger partial charge is 0.393 e. The van der Waals surface area contributed by atoms with Gasteiger partial charge in [-0.15, -0.1) is 0 Å². The molecule has 0 atom stereocenters. The van der Waals surface area contributed by atoms with Crippen LogP contribution in [-0.4, -0.2) is 22.6 Å². The molecule has 4 aromatic rings. The number of nitrogens with one attached hydrogen (secondary N) is 3. The third-order valence-electron chi connectivity index (χ3n) is 4.59. The molecule has 8 heteroatoms. The van der Waals surface area contributed by atoms with E-state index >= 15 is 0 Å². The van der Waals surface area contributed by atoms with Gasteiger partial charge in [0.25, 0.3) is 0 Å². The van der Waals surface area contributed by atoms with E-state index in [2.05, 4.69) is 15.3 Å². The van der Waals surface area contributed by atoms with Crippen LogP contribution < -0.4 is 10.1 Å². The number of rotatable bonds is 4. The number of ether oxygens (including phenoxy) is 1. The fraction of sp³-hybridized carbons (Fsp3) is 0.150. The molecule has 144 valence electrons. The zero-order valence-corrected chi connectivity index (χ0v) is 15.6. The Morgan fingerprint density at radius 2 is 2.00 bits per heavy atom. The molecule has 0 fully saturated rings. The van der Waals surface area contributed by atoms with Crippen LogP contribution >= 0.6 is 11.6 Å². The lowest BCUT2D eigenvalue weighted by Crippen LogP contribution is -2.28. The topological polar surface area (TPSA) is 69.9 Å². The fourth-order valence-corrected chi connectivity index (χ4v) is 3.43. The summed E-state index contributed by atoms with van der Waals surface area (Å²) < 4.78 is 32.5. The van der Waals surface area contributed by atoms with Crippen LogP contribution in [0.3, 0.4) is 0 Å². The van der Waals surface area contributed by atoms with Crippen molar-refractivity contribution in [2.24, 2.45) is 0 Å². The number of aryl methyl sites for hydroxylation is 1. The van der Waals surface area contributed by atoms with Gasteiger partial charge in [-0.2, -0.15) is 0 Å². The van der Waals surface area contributed by atoms with Gasteiger partial charge in [-0.3, -0.25) is 0 Å². The van der Waals surface area contributed by atoms with Gasteiger partial charge in [-0.05, 0) is 43.2 Å². The quantitative estimate of drug-likeness (QED) is 0.437. The van der Waals surface area contributed by atoms with Crippen molar-refractivity contribution in [3.63, 3.8) is 0 Å². The average Bonchev–Trinajstić information content (AvgIpc) is 3.18. The third-order valence-corrected chi connectivity index (χ3v) is 4.88. The zero-order valence-electron chi connectivity index (χ0n) is 14.8. The Bertz CT molecular complexity index is 1200. The minimum Gasteiger partial charge on any atom is -0.393 e. The standard InChI is InChI=1S/C20H16ClF2N3O2/c1-10-13(14-3-4-15(21)18(23)19(14)25-10)6-7-24-20(27)28-17-9-11-8-12(22)2-5-16(11)26-17/h2-5,8-9,25-26H,6-7H2,1H3,(H,24,27). The molecule has 5 nitrogen and oxygen atoms in total. The number of carbonyl (C=O) groups is 1. The van der Waals surface area contributed by atoms with Gasteiger partial charge in [0.15, 0.2) is 5.82 Å². The molecule has 2 aromatic carbocycles. The van der Waals surface area contributed by atoms with Crippen LogP contribution in [0.4, 0.5) is 13.6 Å². The zero-order chi connectivity index (χ0) is 19.8. The van der Waals surface area contributed by atoms with E-state index in [-0.39, 0.29) is 16.7 Å². The van der Waals surface area contributed by atoms with Gasteiger partial charge in [0, 0.05) is 34.6 Å². The monoisotopic (exact) mass is 403 g/mol. The Balaban J connectivity index is 1.41. The van der Waals surface area contributed by atoms with Gasteiger partial charge in [0.05, 0.1) is 10.5 Å². The van der Waals surface area contributed by atoms with Crippen molar-refractivity contribution in [2.45, 2.75) is 13.3 Å². The van der Waals surface area contributed by atoms with Crippen molar-refractivity contribution in [1.82, 2.24) is 15.3 Å². The number of benzene rings is 2. The highest BCUT2D eigenvalue weighted by atomic mass is 35.5. The predicted molar refractivity (Wildman–Crippen MR) is 104 cm³/mol. The van der Waals surface area contributed by atoms with Crippen molar-refractivity contribution in [2.75, 3.05) is 6.54 Å². The van der Waals surface area contributed by atoms with Crippen LogP contribution in [0.25, 0.3) is 21.8 Å². The maximum absolute atomic E-state index is 14.1. The van der Waals surface area contributed by atoms with Gasteiger partial charge < -0.3 is 20.0 Å². The molecule has 2 aromatic heterocycles. The van der Waals surface area contributed by atoms with Crippen LogP contribution in [0.15, 0.2) is 36.4 Å². The van der Waals surface area contributed by atoms with E-state index in [4.69, 9.17) is 16.3 Å². The summed E-state index contributed by atoms with van der Waals surface area (Å²) in [5, 5.41) is 4.05. The lowest BCUT2D eigenvalue weighted by Gasteiger charge is -2.06. The average molecular weight is 404 g/mol. The molecule has 0 radical (unpaired) electrons. The van der Waals surface area contributed by atoms with Gasteiger partial charge >= 0.3 is 6.09 Å². The maximum Gasteiger partial charge on any atom is 0.413 e. The second-order valence-electron chi connectivity index (χ2n) is 6.44. The summed E-state index contributed by atoms with van der Waals surface area (Å²) >= 11 is 5.82. The summed E-state index contributed by atoms with van der Waals surface area (Å²) in [6.45, 7) is 2.14. The lowest BCUT2D eigenvalue weighted by atomic mass is 10.1. The molecule has 0 saturated carbocycles. The Labute approximate surface area is 163 Å². The largest absolute Gasteiger partial charge is 0.413 e. The summed E-state index contributed by atoms with van der Waals surface area (Å²) in [5.41, 5.74) is 2.73. The molecule has 0 unspecified atom stereocenters. The van der Waals surface area contributed by atoms with E-state index in [1.807, 2.05) is 6.92 Å². The van der Waals surface area contributed by atoms with Crippen molar-refractivity contribution in [3.05, 3.63) is 64.3 Å². The van der Waals surface area contributed by atoms with E-state index in [9.17, 15) is 13.6 Å². The number of hydrogen-bond donors (Lipinski definition) is 3. The molecular weight excluding hydrogens is 388 g/mol. The van der Waals surface area contributed by atoms with Crippen LogP contribution in [0.1, 0.15) is 11.3 Å². The normalized spacial score (nSPS) is 11.3. The van der Waals surface area contributed by atoms with E-state index in [1.54, 1.807) is 18.2 Å². The predicted octanol–water partition coefficient (Wildman–Crippen LogP) is 5.22. The van der Waals surface area contributed by atoms with E-state index < -0.39 is 11.9 Å². The van der Waals surface area contributed by atoms with Gasteiger partial charge in [0.2, 0.25) is 5.88 Å². The molecule has 0 bridgehead atoms. The summed E-state index contributed by atoms with van der Waals surface area (Å²) in [5.74, 6) is -0.636. The fourth-order valence-electron chi connectivity index (χ4n) is 3.27. The van der Waals surface area contributed by atoms with Crippen LogP contribution in [-0.2, 0) is 6.42 Å². The van der Waals surface area contributed by atoms with Crippen molar-refractivity contribution in [3.8, 4) is 5.88 Å². The second kappa shape index (κ2) is 7.16. The first kappa shape index (κ1) is 18.3. The Morgan fingerprint density at radius 1 is 1.18 bits per heavy atom. The minimum absolute atomic E-state index is 0.0558. The van der Waals surface area contributed by atoms with E-state index in [1.165, 1.54) is 18.2 Å². The summed E-state index contributed by atoms with van der Waals surface area (Å²) in [6, 6.07) is 9.05. The van der Waals surface area contributed by atoms with Crippen LogP contribution in [0.5, 0.6) is 5.88 Å². The number of hydrogen-bond acceptors (Lipinski definition) is 2. The first-order valence-corrected chi connectivity index (χ1v) is 8.99. The van der Waals surface area contributed by atoms with E-state index in [0.29, 0.717) is 29.4 Å². The molecule has 28 heavy (non-hydrogen) atoms. The van der Waals surface area contributed by atoms with Crippen molar-refractivity contribution < 1.29 is 18.3 Å². The summed E-state index contributed by atoms with van der Waals surface area (Å²) in [6.07, 6.45) is -0.154. The molecule has 4 rings (SSSR count). The molecule has 2 heterocycles. The number of halogens is 3. The number of carbonyl (C=O) groups excluding carboxylic acids is 1. The lowest BCUT2D eigenvalue weighted by molar-refractivity contribution is 0.199. The highest BCUT2D eigenvalue weighted by molar-refractivity contribution is 6.31. The maximum atomic E-state index is 14.1. The number of amides is 1. The van der Waals surface area contributed by atoms with Gasteiger partial charge in [-0.1, -0.05) is 17.7 Å². The Morgan fingerprint density at radius 3 is 2.82 bits per heavy atom. The molecule has 0 aliphatic rings. The van der Waals surface area contributed by atoms with Crippen LogP contribution in [0.2, 0.25) is 5.02 Å². The summed E-state index contributed by atoms with van der Waals surface area (Å²) in [4.78, 5) is 17.9. The van der Waals surface area contributed by atoms with Gasteiger partial charge in [-0.25, -0.2) is 13.6 Å². The number of aromatic nitrogens is 2. The molecule has 0 saturated heterocycles. The highest BCUT2D eigenvalue weighted by Gasteiger charge is 2.14. The molecule has 0 aliphatic carbocycles. The van der Waals surface area contributed by atoms with E-state index in [0.717, 1.165) is 16.6 Å². The summed E-state index contributed by atoms with van der Waals surface area (Å²) in [7, 11) is 0. The second-order valence-corrected chi connectivity index (χ2v) is 6.85. The number of fused-ring (bicyclic) bond motifs is 2. The Hall–Kier alpha value is -3.06. The number of aromatic amines is 2. The molecular formula is C20H16ClF2N3O2. The first-order valence-electron chi connectivity index (χ1n) is 8.61. The minimum atomic E-state index is -0.640. The molecule has 3 N–H and O–H groups in total. The molecule has 0 aliphatic heterocycles. The molecule has 1 amide bonds. The van der Waals surface area contributed by atoms with Crippen molar-refractivity contribution in [1.29, 1.82) is 0 Å². The Kier molecular flexibility index (Phi) is 4.68. The first-order chi connectivity index (χ1) is 13.4. The van der Waals surface area contributed by atoms with Gasteiger partial charge in [0.1, 0.15) is 5.82 Å². The molecule has 0 spiro atoms. The SMILES string of the molecule is Cc1[nH]c2c(F)c(Cl)ccc2c1CCNC(=O)Oc1cc2cc(F)ccc2[nH]1. The van der Waals surface area contributed by atoms with Crippen LogP contribution in [0, 0.1) is 18.6 Å². The third kappa shape index (κ3) is 3.41.